The van der Waals surface area contributed by atoms with Gasteiger partial charge in [0.1, 0.15) is 0 Å². The van der Waals surface area contributed by atoms with Crippen LogP contribution in [0.1, 0.15) is 63.8 Å². The molecule has 198 valence electrons. The van der Waals surface area contributed by atoms with E-state index in [0.717, 1.165) is 6.16 Å². The molecule has 0 fully saturated rings. The summed E-state index contributed by atoms with van der Waals surface area (Å²) in [6.45, 7) is 18.9. The van der Waals surface area contributed by atoms with E-state index in [9.17, 15) is 0 Å². The summed E-state index contributed by atoms with van der Waals surface area (Å²) in [7, 11) is 2.75. The van der Waals surface area contributed by atoms with Crippen molar-refractivity contribution < 1.29 is 0 Å². The Hall–Kier alpha value is -2.26. The average Bonchev–Trinajstić information content (AvgIpc) is 2.87. The van der Waals surface area contributed by atoms with Gasteiger partial charge in [0.05, 0.1) is 0 Å². The molecule has 0 N–H and O–H groups in total. The van der Waals surface area contributed by atoms with Crippen LogP contribution in [0.15, 0.2) is 97.1 Å². The Morgan fingerprint density at radius 1 is 0.579 bits per heavy atom. The van der Waals surface area contributed by atoms with E-state index in [2.05, 4.69) is 162 Å². The molecule has 0 spiro atoms. The fourth-order valence-electron chi connectivity index (χ4n) is 6.06. The molecule has 0 bridgehead atoms. The zero-order valence-electron chi connectivity index (χ0n) is 24.5. The van der Waals surface area contributed by atoms with E-state index < -0.39 is 7.92 Å². The molecule has 0 aromatic heterocycles. The Morgan fingerprint density at radius 2 is 1.05 bits per heavy atom. The van der Waals surface area contributed by atoms with Gasteiger partial charge in [0.25, 0.3) is 0 Å². The summed E-state index contributed by atoms with van der Waals surface area (Å²) in [5.41, 5.74) is 8.35. The number of benzene rings is 4. The van der Waals surface area contributed by atoms with Gasteiger partial charge >= 0.3 is 0 Å². The summed E-state index contributed by atoms with van der Waals surface area (Å²) in [5.74, 6) is 0. The molecule has 2 heteroatoms. The van der Waals surface area contributed by atoms with Gasteiger partial charge in [0, 0.05) is 11.3 Å². The predicted molar refractivity (Wildman–Crippen MR) is 174 cm³/mol. The summed E-state index contributed by atoms with van der Waals surface area (Å²) in [4.78, 5) is 0. The lowest BCUT2D eigenvalue weighted by molar-refractivity contribution is 0.139. The van der Waals surface area contributed by atoms with Crippen LogP contribution in [0.4, 0.5) is 0 Å². The largest absolute Gasteiger partial charge is 0.125 e. The van der Waals surface area contributed by atoms with Gasteiger partial charge in [0.2, 0.25) is 0 Å². The zero-order chi connectivity index (χ0) is 27.7. The van der Waals surface area contributed by atoms with Crippen molar-refractivity contribution in [2.75, 3.05) is 0 Å². The second kappa shape index (κ2) is 11.1. The van der Waals surface area contributed by atoms with Crippen molar-refractivity contribution in [3.8, 4) is 11.1 Å². The first-order valence-electron chi connectivity index (χ1n) is 13.7. The molecule has 4 aromatic rings. The second-order valence-electron chi connectivity index (χ2n) is 12.7. The predicted octanol–water partition coefficient (Wildman–Crippen LogP) is 9.77. The van der Waals surface area contributed by atoms with Gasteiger partial charge in [-0.05, 0) is 76.6 Å². The van der Waals surface area contributed by atoms with E-state index in [4.69, 9.17) is 0 Å². The Labute approximate surface area is 235 Å². The maximum atomic E-state index is 3.35. The van der Waals surface area contributed by atoms with Gasteiger partial charge in [-0.1, -0.05) is 139 Å². The fraction of sp³-hybridized carbons (Fsp3) is 0.333. The Balaban J connectivity index is 2.00. The maximum Gasteiger partial charge on any atom is 0.0196 e. The minimum absolute atomic E-state index is 0.0486. The van der Waals surface area contributed by atoms with Crippen molar-refractivity contribution in [2.24, 2.45) is 10.8 Å². The molecule has 0 radical (unpaired) electrons. The van der Waals surface area contributed by atoms with Gasteiger partial charge < -0.3 is 0 Å². The first-order chi connectivity index (χ1) is 17.8. The number of rotatable bonds is 6. The Bertz CT molecular complexity index is 1330. The highest BCUT2D eigenvalue weighted by molar-refractivity contribution is 7.72. The van der Waals surface area contributed by atoms with E-state index in [0.29, 0.717) is 0 Å². The normalized spacial score (nSPS) is 12.7. The Morgan fingerprint density at radius 3 is 1.53 bits per heavy atom. The molecule has 1 unspecified atom stereocenters. The molecule has 0 saturated heterocycles. The van der Waals surface area contributed by atoms with Crippen LogP contribution < -0.4 is 10.6 Å². The molecule has 0 saturated carbocycles. The van der Waals surface area contributed by atoms with Gasteiger partial charge in [0.15, 0.2) is 0 Å². The molecular weight excluding hydrogens is 494 g/mol. The van der Waals surface area contributed by atoms with Crippen LogP contribution in [0.3, 0.4) is 0 Å². The molecule has 0 heterocycles. The van der Waals surface area contributed by atoms with Crippen molar-refractivity contribution >= 4 is 27.8 Å². The van der Waals surface area contributed by atoms with Crippen molar-refractivity contribution in [1.82, 2.24) is 0 Å². The van der Waals surface area contributed by atoms with Crippen molar-refractivity contribution in [3.05, 3.63) is 119 Å². The highest BCUT2D eigenvalue weighted by Crippen LogP contribution is 2.59. The quantitative estimate of drug-likeness (QED) is 0.214. The van der Waals surface area contributed by atoms with E-state index in [-0.39, 0.29) is 16.0 Å². The smallest absolute Gasteiger partial charge is 0.0196 e. The molecule has 0 aliphatic carbocycles. The highest BCUT2D eigenvalue weighted by atomic mass is 31.1. The summed E-state index contributed by atoms with van der Waals surface area (Å²) < 4.78 is 0. The molecule has 0 amide bonds. The molecule has 0 aliphatic heterocycles. The average molecular weight is 539 g/mol. The number of hydrogen-bond acceptors (Lipinski definition) is 0. The van der Waals surface area contributed by atoms with E-state index in [1.54, 1.807) is 0 Å². The lowest BCUT2D eigenvalue weighted by atomic mass is 9.61. The first kappa shape index (κ1) is 28.7. The van der Waals surface area contributed by atoms with Gasteiger partial charge in [-0.15, -0.1) is 9.24 Å². The lowest BCUT2D eigenvalue weighted by Crippen LogP contribution is -2.45. The molecule has 4 rings (SSSR count). The lowest BCUT2D eigenvalue weighted by Gasteiger charge is -2.52. The van der Waals surface area contributed by atoms with Crippen molar-refractivity contribution in [1.29, 1.82) is 0 Å². The zero-order valence-corrected chi connectivity index (χ0v) is 26.5. The standard InChI is InChI=1S/C36H44P2/c1-26-16-12-14-20-32(26)38(33-21-15-13-17-27(33)2)25-30-24-29(28-18-10-9-11-19-28)22-23-31(30)36(37,34(3,4)5)35(6,7)8/h9-24H,25,37H2,1-8H3. The molecule has 0 aliphatic rings. The third-order valence-electron chi connectivity index (χ3n) is 8.14. The minimum Gasteiger partial charge on any atom is -0.125 e. The fourth-order valence-corrected chi connectivity index (χ4v) is 9.07. The first-order valence-corrected chi connectivity index (χ1v) is 15.8. The monoisotopic (exact) mass is 538 g/mol. The Kier molecular flexibility index (Phi) is 8.38. The molecule has 38 heavy (non-hydrogen) atoms. The minimum atomic E-state index is -0.594. The number of aryl methyl sites for hydroxylation is 2. The van der Waals surface area contributed by atoms with Crippen LogP contribution in [0, 0.1) is 24.7 Å². The van der Waals surface area contributed by atoms with Gasteiger partial charge in [-0.25, -0.2) is 0 Å². The van der Waals surface area contributed by atoms with Crippen molar-refractivity contribution in [3.63, 3.8) is 0 Å². The topological polar surface area (TPSA) is 0 Å². The second-order valence-corrected chi connectivity index (χ2v) is 15.7. The summed E-state index contributed by atoms with van der Waals surface area (Å²) in [6.07, 6.45) is 1.02. The maximum absolute atomic E-state index is 3.35. The molecule has 1 atom stereocenters. The van der Waals surface area contributed by atoms with Crippen LogP contribution in [0.25, 0.3) is 11.1 Å². The molecule has 4 aromatic carbocycles. The third kappa shape index (κ3) is 5.55. The van der Waals surface area contributed by atoms with Crippen LogP contribution in [-0.4, -0.2) is 0 Å². The summed E-state index contributed by atoms with van der Waals surface area (Å²) in [5, 5.41) is 2.85. The van der Waals surface area contributed by atoms with Crippen LogP contribution in [0.2, 0.25) is 0 Å². The van der Waals surface area contributed by atoms with Crippen molar-refractivity contribution in [2.45, 2.75) is 66.7 Å². The van der Waals surface area contributed by atoms with E-state index in [1.165, 1.54) is 44.0 Å². The van der Waals surface area contributed by atoms with Crippen LogP contribution >= 0.6 is 17.2 Å². The highest BCUT2D eigenvalue weighted by Gasteiger charge is 2.49. The van der Waals surface area contributed by atoms with E-state index in [1.807, 2.05) is 0 Å². The van der Waals surface area contributed by atoms with Crippen LogP contribution in [-0.2, 0) is 11.3 Å². The summed E-state index contributed by atoms with van der Waals surface area (Å²) in [6, 6.07) is 36.1. The SMILES string of the molecule is Cc1ccccc1P(Cc1cc(-c2ccccc2)ccc1C(P)(C(C)(C)C)C(C)(C)C)c1ccccc1C. The number of hydrogen-bond donors (Lipinski definition) is 0. The van der Waals surface area contributed by atoms with Gasteiger partial charge in [-0.2, -0.15) is 0 Å². The van der Waals surface area contributed by atoms with Crippen LogP contribution in [0.5, 0.6) is 0 Å². The van der Waals surface area contributed by atoms with E-state index >= 15 is 0 Å². The molecule has 0 nitrogen and oxygen atoms in total. The van der Waals surface area contributed by atoms with Gasteiger partial charge in [-0.3, -0.25) is 0 Å². The summed E-state index contributed by atoms with van der Waals surface area (Å²) >= 11 is 0. The molecular formula is C36H44P2. The third-order valence-corrected chi connectivity index (χ3v) is 13.0.